The maximum atomic E-state index is 12.3. The number of amides is 1. The third-order valence-corrected chi connectivity index (χ3v) is 7.27. The van der Waals surface area contributed by atoms with Crippen LogP contribution in [-0.2, 0) is 0 Å². The number of rotatable bonds is 6. The Balaban J connectivity index is 1.57. The molecule has 0 aliphatic heterocycles. The maximum absolute atomic E-state index is 12.3. The van der Waals surface area contributed by atoms with Gasteiger partial charge in [-0.05, 0) is 47.4 Å². The van der Waals surface area contributed by atoms with Crippen LogP contribution >= 0.6 is 23.1 Å². The van der Waals surface area contributed by atoms with E-state index in [2.05, 4.69) is 25.9 Å². The van der Waals surface area contributed by atoms with Crippen LogP contribution < -0.4 is 14.8 Å². The van der Waals surface area contributed by atoms with Crippen LogP contribution in [-0.4, -0.2) is 39.6 Å². The van der Waals surface area contributed by atoms with Crippen molar-refractivity contribution in [2.24, 2.45) is 5.92 Å². The normalized spacial score (nSPS) is 14.9. The van der Waals surface area contributed by atoms with Gasteiger partial charge in [-0.3, -0.25) is 5.32 Å². The summed E-state index contributed by atoms with van der Waals surface area (Å²) in [4.78, 5) is 13.2. The van der Waals surface area contributed by atoms with Gasteiger partial charge in [0.25, 0.3) is 0 Å². The molecule has 4 rings (SSSR count). The topological polar surface area (TPSA) is 102 Å². The van der Waals surface area contributed by atoms with Crippen molar-refractivity contribution in [3.05, 3.63) is 18.2 Å². The van der Waals surface area contributed by atoms with Crippen molar-refractivity contribution in [2.45, 2.75) is 37.0 Å². The van der Waals surface area contributed by atoms with Gasteiger partial charge in [-0.25, -0.2) is 9.89 Å². The number of hydrogen-bond acceptors (Lipinski definition) is 8. The summed E-state index contributed by atoms with van der Waals surface area (Å²) in [6.45, 7) is 0. The predicted octanol–water partition coefficient (Wildman–Crippen LogP) is 4.71. The average Bonchev–Trinajstić information content (AvgIpc) is 3.34. The van der Waals surface area contributed by atoms with Crippen molar-refractivity contribution >= 4 is 45.2 Å². The molecule has 0 bridgehead atoms. The van der Waals surface area contributed by atoms with Crippen LogP contribution in [0.3, 0.4) is 0 Å². The van der Waals surface area contributed by atoms with Crippen LogP contribution in [0.2, 0.25) is 0 Å². The molecule has 0 radical (unpaired) electrons. The predicted molar refractivity (Wildman–Crippen MR) is 110 cm³/mol. The number of tetrazole rings is 1. The molecule has 2 N–H and O–H groups in total. The van der Waals surface area contributed by atoms with Gasteiger partial charge in [0.2, 0.25) is 11.0 Å². The lowest BCUT2D eigenvalue weighted by atomic mass is 9.91. The van der Waals surface area contributed by atoms with Crippen molar-refractivity contribution in [3.8, 4) is 10.8 Å². The Morgan fingerprint density at radius 1 is 1.36 bits per heavy atom. The molecular weight excluding hydrogens is 398 g/mol. The van der Waals surface area contributed by atoms with Crippen molar-refractivity contribution < 1.29 is 14.3 Å². The highest BCUT2D eigenvalue weighted by Gasteiger charge is 2.21. The van der Waals surface area contributed by atoms with Crippen molar-refractivity contribution in [1.82, 2.24) is 20.6 Å². The first-order valence-electron chi connectivity index (χ1n) is 9.19. The number of H-pyrrole nitrogens is 1. The van der Waals surface area contributed by atoms with Gasteiger partial charge in [0.1, 0.15) is 5.75 Å². The van der Waals surface area contributed by atoms with E-state index in [0.29, 0.717) is 11.0 Å². The van der Waals surface area contributed by atoms with Gasteiger partial charge in [-0.2, -0.15) is 0 Å². The number of hydrogen-bond donors (Lipinski definition) is 2. The minimum atomic E-state index is -0.628. The minimum absolute atomic E-state index is 0.143. The van der Waals surface area contributed by atoms with E-state index >= 15 is 0 Å². The first kappa shape index (κ1) is 19.0. The molecule has 8 nitrogen and oxygen atoms in total. The number of thiophene rings is 1. The average molecular weight is 420 g/mol. The molecule has 1 saturated carbocycles. The highest BCUT2D eigenvalue weighted by atomic mass is 32.2. The summed E-state index contributed by atoms with van der Waals surface area (Å²) in [7, 11) is 1.65. The van der Waals surface area contributed by atoms with Gasteiger partial charge >= 0.3 is 6.09 Å². The SMILES string of the molecule is COc1ccc2sc(OC(=O)Nc3nnn[nH]3)c(SCC3CCCCC3)c2c1. The van der Waals surface area contributed by atoms with E-state index < -0.39 is 6.09 Å². The fraction of sp³-hybridized carbons (Fsp3) is 0.444. The van der Waals surface area contributed by atoms with E-state index in [9.17, 15) is 4.79 Å². The standard InChI is InChI=1S/C18H21N5O3S2/c1-25-12-7-8-14-13(9-12)15(27-10-11-5-3-2-4-6-11)16(28-14)26-18(24)19-17-20-22-23-21-17/h7-9,11H,2-6,10H2,1H3,(H2,19,20,21,22,23,24). The molecule has 1 aliphatic rings. The molecule has 1 aromatic carbocycles. The van der Waals surface area contributed by atoms with Crippen molar-refractivity contribution in [2.75, 3.05) is 18.2 Å². The van der Waals surface area contributed by atoms with Crippen LogP contribution in [0.25, 0.3) is 10.1 Å². The zero-order valence-corrected chi connectivity index (χ0v) is 17.1. The highest BCUT2D eigenvalue weighted by molar-refractivity contribution is 7.99. The number of fused-ring (bicyclic) bond motifs is 1. The number of thioether (sulfide) groups is 1. The summed E-state index contributed by atoms with van der Waals surface area (Å²) in [5.41, 5.74) is 0. The van der Waals surface area contributed by atoms with E-state index in [0.717, 1.165) is 26.5 Å². The van der Waals surface area contributed by atoms with Crippen LogP contribution in [0, 0.1) is 5.92 Å². The van der Waals surface area contributed by atoms with Crippen LogP contribution in [0.1, 0.15) is 32.1 Å². The second-order valence-electron chi connectivity index (χ2n) is 6.66. The van der Waals surface area contributed by atoms with E-state index in [1.807, 2.05) is 18.2 Å². The summed E-state index contributed by atoms with van der Waals surface area (Å²) in [6.07, 6.45) is 5.86. The van der Waals surface area contributed by atoms with E-state index in [1.165, 1.54) is 43.4 Å². The number of carbonyl (C=O) groups excluding carboxylic acids is 1. The fourth-order valence-electron chi connectivity index (χ4n) is 3.34. The van der Waals surface area contributed by atoms with E-state index in [1.54, 1.807) is 18.9 Å². The number of carbonyl (C=O) groups is 1. The molecule has 1 fully saturated rings. The summed E-state index contributed by atoms with van der Waals surface area (Å²) in [5, 5.41) is 17.1. The lowest BCUT2D eigenvalue weighted by molar-refractivity contribution is 0.215. The van der Waals surface area contributed by atoms with Gasteiger partial charge in [0.15, 0.2) is 0 Å². The molecule has 2 aromatic heterocycles. The lowest BCUT2D eigenvalue weighted by Gasteiger charge is -2.21. The Morgan fingerprint density at radius 2 is 2.21 bits per heavy atom. The molecule has 3 aromatic rings. The lowest BCUT2D eigenvalue weighted by Crippen LogP contribution is -2.17. The third kappa shape index (κ3) is 4.39. The zero-order chi connectivity index (χ0) is 19.3. The summed E-state index contributed by atoms with van der Waals surface area (Å²) < 4.78 is 12.0. The highest BCUT2D eigenvalue weighted by Crippen LogP contribution is 2.46. The van der Waals surface area contributed by atoms with Crippen molar-refractivity contribution in [1.29, 1.82) is 0 Å². The molecular formula is C18H21N5O3S2. The Kier molecular flexibility index (Phi) is 5.96. The third-order valence-electron chi connectivity index (χ3n) is 4.76. The smallest absolute Gasteiger partial charge is 0.420 e. The molecule has 1 aliphatic carbocycles. The number of aromatic nitrogens is 4. The molecule has 1 amide bonds. The van der Waals surface area contributed by atoms with Gasteiger partial charge in [-0.1, -0.05) is 35.7 Å². The zero-order valence-electron chi connectivity index (χ0n) is 15.4. The van der Waals surface area contributed by atoms with Gasteiger partial charge < -0.3 is 9.47 Å². The van der Waals surface area contributed by atoms with Gasteiger partial charge in [-0.15, -0.1) is 11.8 Å². The number of methoxy groups -OCH3 is 1. The summed E-state index contributed by atoms with van der Waals surface area (Å²) in [6, 6.07) is 5.91. The van der Waals surface area contributed by atoms with Crippen molar-refractivity contribution in [3.63, 3.8) is 0 Å². The molecule has 10 heteroatoms. The number of aromatic amines is 1. The van der Waals surface area contributed by atoms with E-state index in [-0.39, 0.29) is 5.95 Å². The Hall–Kier alpha value is -2.33. The number of nitrogens with one attached hydrogen (secondary N) is 2. The largest absolute Gasteiger partial charge is 0.497 e. The molecule has 0 atom stereocenters. The monoisotopic (exact) mass is 419 g/mol. The molecule has 148 valence electrons. The Morgan fingerprint density at radius 3 is 2.96 bits per heavy atom. The van der Waals surface area contributed by atoms with Crippen LogP contribution in [0.5, 0.6) is 10.8 Å². The second kappa shape index (κ2) is 8.78. The Bertz CT molecular complexity index is 938. The van der Waals surface area contributed by atoms with Crippen LogP contribution in [0.15, 0.2) is 23.1 Å². The molecule has 2 heterocycles. The maximum Gasteiger partial charge on any atom is 0.420 e. The van der Waals surface area contributed by atoms with E-state index in [4.69, 9.17) is 9.47 Å². The number of anilines is 1. The molecule has 0 saturated heterocycles. The second-order valence-corrected chi connectivity index (χ2v) is 8.71. The fourth-order valence-corrected chi connectivity index (χ4v) is 5.85. The number of nitrogens with zero attached hydrogens (tertiary/aromatic N) is 3. The molecule has 28 heavy (non-hydrogen) atoms. The Labute approximate surface area is 170 Å². The summed E-state index contributed by atoms with van der Waals surface area (Å²) >= 11 is 3.21. The first-order chi connectivity index (χ1) is 13.7. The minimum Gasteiger partial charge on any atom is -0.497 e. The molecule has 0 spiro atoms. The molecule has 0 unspecified atom stereocenters. The van der Waals surface area contributed by atoms with Gasteiger partial charge in [0.05, 0.1) is 12.0 Å². The number of benzene rings is 1. The summed E-state index contributed by atoms with van der Waals surface area (Å²) in [5.74, 6) is 2.66. The first-order valence-corrected chi connectivity index (χ1v) is 11.0. The van der Waals surface area contributed by atoms with Gasteiger partial charge in [0, 0.05) is 15.8 Å². The quantitative estimate of drug-likeness (QED) is 0.558. The van der Waals surface area contributed by atoms with Crippen LogP contribution in [0.4, 0.5) is 10.7 Å². The number of ether oxygens (including phenoxy) is 2.